The second kappa shape index (κ2) is 9.48. The number of fused-ring (bicyclic) bond motifs is 1. The fourth-order valence-electron chi connectivity index (χ4n) is 4.06. The fourth-order valence-corrected chi connectivity index (χ4v) is 4.62. The highest BCUT2D eigenvalue weighted by atomic mass is 32.2. The Morgan fingerprint density at radius 1 is 0.889 bits per heavy atom. The molecule has 4 aromatic rings. The predicted molar refractivity (Wildman–Crippen MR) is 138 cm³/mol. The summed E-state index contributed by atoms with van der Waals surface area (Å²) in [5.41, 5.74) is 2.25. The maximum absolute atomic E-state index is 11.6. The standard InChI is InChI=1S/C26H25N7O2S/c1-26(16-18-6-3-2-4-7-18)32-22-11-10-19(14-23(22)33-26)17-29-24-12-13-28-25(31-24)30-20-8-5-9-21(15-20)36(27,34)35/h2-15H,16-17H2,1H3,(H2,27,34,35)(H2,28,29,30,31). The van der Waals surface area contributed by atoms with Crippen LogP contribution in [0.4, 0.5) is 17.5 Å². The molecule has 10 heteroatoms. The molecule has 0 spiro atoms. The van der Waals surface area contributed by atoms with Gasteiger partial charge in [0.25, 0.3) is 0 Å². The number of sulfonamides is 1. The van der Waals surface area contributed by atoms with E-state index in [2.05, 4.69) is 32.7 Å². The molecule has 0 saturated carbocycles. The van der Waals surface area contributed by atoms with Crippen molar-refractivity contribution >= 4 is 27.5 Å². The van der Waals surface area contributed by atoms with Gasteiger partial charge in [0.1, 0.15) is 5.82 Å². The van der Waals surface area contributed by atoms with Crippen molar-refractivity contribution in [2.75, 3.05) is 10.6 Å². The number of primary sulfonamides is 1. The first-order valence-electron chi connectivity index (χ1n) is 11.4. The van der Waals surface area contributed by atoms with E-state index in [0.717, 1.165) is 22.7 Å². The van der Waals surface area contributed by atoms with E-state index in [1.165, 1.54) is 17.7 Å². The van der Waals surface area contributed by atoms with Gasteiger partial charge in [-0.05, 0) is 54.4 Å². The van der Waals surface area contributed by atoms with E-state index in [0.29, 0.717) is 24.0 Å². The molecule has 1 atom stereocenters. The Bertz CT molecular complexity index is 1640. The Morgan fingerprint density at radius 2 is 1.69 bits per heavy atom. The summed E-state index contributed by atoms with van der Waals surface area (Å²) in [6.07, 6.45) is 2.36. The highest BCUT2D eigenvalue weighted by molar-refractivity contribution is 7.89. The summed E-state index contributed by atoms with van der Waals surface area (Å²) in [5.74, 6) is 0.942. The molecule has 4 N–H and O–H groups in total. The van der Waals surface area contributed by atoms with Gasteiger partial charge in [-0.1, -0.05) is 42.5 Å². The normalized spacial score (nSPS) is 16.5. The van der Waals surface area contributed by atoms with Crippen molar-refractivity contribution in [2.24, 2.45) is 15.1 Å². The molecule has 2 heterocycles. The minimum absolute atomic E-state index is 0.00963. The lowest BCUT2D eigenvalue weighted by atomic mass is 10.0. The Balaban J connectivity index is 1.27. The van der Waals surface area contributed by atoms with Crippen LogP contribution in [0.3, 0.4) is 0 Å². The maximum Gasteiger partial charge on any atom is 0.238 e. The van der Waals surface area contributed by atoms with E-state index < -0.39 is 15.7 Å². The number of benzene rings is 3. The van der Waals surface area contributed by atoms with Crippen molar-refractivity contribution in [2.45, 2.75) is 30.4 Å². The first-order valence-corrected chi connectivity index (χ1v) is 12.9. The molecule has 3 aromatic carbocycles. The molecule has 0 saturated heterocycles. The number of aromatic nitrogens is 2. The van der Waals surface area contributed by atoms with Crippen molar-refractivity contribution in [1.82, 2.24) is 9.97 Å². The molecule has 1 aliphatic heterocycles. The van der Waals surface area contributed by atoms with Crippen LogP contribution in [0.5, 0.6) is 0 Å². The largest absolute Gasteiger partial charge is 0.366 e. The monoisotopic (exact) mass is 499 g/mol. The van der Waals surface area contributed by atoms with E-state index in [4.69, 9.17) is 15.1 Å². The third kappa shape index (κ3) is 5.56. The van der Waals surface area contributed by atoms with Crippen LogP contribution in [0.25, 0.3) is 0 Å². The van der Waals surface area contributed by atoms with Gasteiger partial charge in [-0.15, -0.1) is 0 Å². The maximum atomic E-state index is 11.6. The number of nitrogens with one attached hydrogen (secondary N) is 2. The molecule has 0 radical (unpaired) electrons. The number of anilines is 3. The zero-order valence-electron chi connectivity index (χ0n) is 19.6. The Hall–Kier alpha value is -4.15. The third-order valence-corrected chi connectivity index (χ3v) is 6.60. The molecular formula is C26H25N7O2S. The van der Waals surface area contributed by atoms with Crippen LogP contribution >= 0.6 is 0 Å². The van der Waals surface area contributed by atoms with Crippen LogP contribution in [0, 0.1) is 0 Å². The van der Waals surface area contributed by atoms with Crippen LogP contribution in [-0.4, -0.2) is 24.0 Å². The van der Waals surface area contributed by atoms with Crippen LogP contribution in [0.1, 0.15) is 18.1 Å². The molecule has 0 aliphatic carbocycles. The van der Waals surface area contributed by atoms with Crippen LogP contribution in [0.15, 0.2) is 99.9 Å². The lowest BCUT2D eigenvalue weighted by Crippen LogP contribution is -2.22. The molecular weight excluding hydrogens is 474 g/mol. The number of nitrogens with zero attached hydrogens (tertiary/aromatic N) is 4. The number of rotatable bonds is 8. The van der Waals surface area contributed by atoms with Crippen molar-refractivity contribution < 1.29 is 8.42 Å². The highest BCUT2D eigenvalue weighted by Crippen LogP contribution is 2.20. The van der Waals surface area contributed by atoms with E-state index in [1.54, 1.807) is 24.4 Å². The van der Waals surface area contributed by atoms with E-state index >= 15 is 0 Å². The zero-order chi connectivity index (χ0) is 25.2. The van der Waals surface area contributed by atoms with E-state index in [1.807, 2.05) is 43.3 Å². The number of nitrogens with two attached hydrogens (primary N) is 1. The van der Waals surface area contributed by atoms with Crippen LogP contribution in [-0.2, 0) is 23.0 Å². The highest BCUT2D eigenvalue weighted by Gasteiger charge is 2.25. The number of hydrogen-bond acceptors (Lipinski definition) is 8. The Labute approximate surface area is 208 Å². The lowest BCUT2D eigenvalue weighted by Gasteiger charge is -2.17. The minimum Gasteiger partial charge on any atom is -0.366 e. The van der Waals surface area contributed by atoms with Gasteiger partial charge in [-0.25, -0.2) is 18.5 Å². The van der Waals surface area contributed by atoms with Gasteiger partial charge >= 0.3 is 0 Å². The van der Waals surface area contributed by atoms with Gasteiger partial charge < -0.3 is 10.6 Å². The van der Waals surface area contributed by atoms with E-state index in [-0.39, 0.29) is 4.90 Å². The van der Waals surface area contributed by atoms with Gasteiger partial charge in [-0.3, -0.25) is 9.98 Å². The summed E-state index contributed by atoms with van der Waals surface area (Å²) in [4.78, 5) is 18.4. The predicted octanol–water partition coefficient (Wildman–Crippen LogP) is 2.69. The summed E-state index contributed by atoms with van der Waals surface area (Å²) in [6.45, 7) is 2.58. The van der Waals surface area contributed by atoms with Gasteiger partial charge in [0, 0.05) is 24.8 Å². The smallest absolute Gasteiger partial charge is 0.238 e. The third-order valence-electron chi connectivity index (χ3n) is 5.69. The molecule has 182 valence electrons. The zero-order valence-corrected chi connectivity index (χ0v) is 20.4. The summed E-state index contributed by atoms with van der Waals surface area (Å²) < 4.78 is 23.2. The second-order valence-electron chi connectivity index (χ2n) is 8.74. The average molecular weight is 500 g/mol. The fraction of sp³-hybridized carbons (Fsp3) is 0.154. The Morgan fingerprint density at radius 3 is 2.50 bits per heavy atom. The van der Waals surface area contributed by atoms with Crippen molar-refractivity contribution in [3.63, 3.8) is 0 Å². The Kier molecular flexibility index (Phi) is 6.21. The topological polar surface area (TPSA) is 135 Å². The molecule has 0 amide bonds. The second-order valence-corrected chi connectivity index (χ2v) is 10.3. The van der Waals surface area contributed by atoms with Gasteiger partial charge in [0.05, 0.1) is 15.6 Å². The number of hydrogen-bond donors (Lipinski definition) is 3. The van der Waals surface area contributed by atoms with Gasteiger partial charge in [0.15, 0.2) is 5.66 Å². The SMILES string of the molecule is CC1(Cc2ccccc2)N=c2ccc(CNc3ccnc(Nc4cccc(S(N)(=O)=O)c4)n3)cc2=N1. The quantitative estimate of drug-likeness (QED) is 0.341. The van der Waals surface area contributed by atoms with Gasteiger partial charge in [-0.2, -0.15) is 4.98 Å². The first-order chi connectivity index (χ1) is 17.3. The van der Waals surface area contributed by atoms with Crippen LogP contribution in [0.2, 0.25) is 0 Å². The summed E-state index contributed by atoms with van der Waals surface area (Å²) in [6, 6.07) is 24.2. The van der Waals surface area contributed by atoms with Crippen molar-refractivity contribution in [3.05, 3.63) is 107 Å². The lowest BCUT2D eigenvalue weighted by molar-refractivity contribution is 0.490. The molecule has 5 rings (SSSR count). The molecule has 0 bridgehead atoms. The molecule has 36 heavy (non-hydrogen) atoms. The van der Waals surface area contributed by atoms with Crippen molar-refractivity contribution in [3.8, 4) is 0 Å². The molecule has 1 aromatic heterocycles. The van der Waals surface area contributed by atoms with Crippen LogP contribution < -0.4 is 26.5 Å². The van der Waals surface area contributed by atoms with E-state index in [9.17, 15) is 8.42 Å². The van der Waals surface area contributed by atoms with Gasteiger partial charge in [0.2, 0.25) is 16.0 Å². The van der Waals surface area contributed by atoms with Crippen molar-refractivity contribution in [1.29, 1.82) is 0 Å². The molecule has 9 nitrogen and oxygen atoms in total. The minimum atomic E-state index is -3.80. The average Bonchev–Trinajstić information content (AvgIpc) is 3.18. The molecule has 1 aliphatic rings. The molecule has 0 fully saturated rings. The first kappa shape index (κ1) is 23.6. The molecule has 1 unspecified atom stereocenters. The summed E-state index contributed by atoms with van der Waals surface area (Å²) in [5, 5.41) is 13.3. The summed E-state index contributed by atoms with van der Waals surface area (Å²) in [7, 11) is -3.80. The summed E-state index contributed by atoms with van der Waals surface area (Å²) >= 11 is 0.